The minimum atomic E-state index is -0.229. The van der Waals surface area contributed by atoms with Crippen molar-refractivity contribution in [1.29, 1.82) is 0 Å². The Morgan fingerprint density at radius 3 is 2.69 bits per heavy atom. The van der Waals surface area contributed by atoms with Crippen LogP contribution in [0.1, 0.15) is 47.0 Å². The molecule has 0 bridgehead atoms. The molecule has 1 unspecified atom stereocenters. The number of rotatable bonds is 4. The third-order valence-electron chi connectivity index (χ3n) is 5.41. The Balaban J connectivity index is 1.56. The standard InChI is InChI=1S/C22H24FN3/c1-15-21(16(2)26(25-15)19-12-10-18(23)11-13-19)14-24-22-9-5-7-17-6-3-4-8-20(17)22/h3-4,6,8,10-13,22,24H,5,7,9,14H2,1-2H3. The van der Waals surface area contributed by atoms with Crippen LogP contribution >= 0.6 is 0 Å². The fraction of sp³-hybridized carbons (Fsp3) is 0.318. The van der Waals surface area contributed by atoms with Gasteiger partial charge in [0.15, 0.2) is 0 Å². The fourth-order valence-electron chi connectivity index (χ4n) is 3.96. The Morgan fingerprint density at radius 1 is 1.12 bits per heavy atom. The van der Waals surface area contributed by atoms with Crippen LogP contribution in [0.15, 0.2) is 48.5 Å². The van der Waals surface area contributed by atoms with E-state index in [0.29, 0.717) is 6.04 Å². The minimum Gasteiger partial charge on any atom is -0.306 e. The molecule has 1 atom stereocenters. The molecule has 134 valence electrons. The van der Waals surface area contributed by atoms with Crippen molar-refractivity contribution in [2.45, 2.75) is 45.7 Å². The van der Waals surface area contributed by atoms with Crippen LogP contribution in [0.2, 0.25) is 0 Å². The molecule has 0 saturated carbocycles. The summed E-state index contributed by atoms with van der Waals surface area (Å²) in [6, 6.07) is 15.6. The predicted octanol–water partition coefficient (Wildman–Crippen LogP) is 4.80. The zero-order chi connectivity index (χ0) is 18.1. The molecule has 1 aliphatic rings. The van der Waals surface area contributed by atoms with Gasteiger partial charge in [-0.1, -0.05) is 24.3 Å². The van der Waals surface area contributed by atoms with E-state index in [1.165, 1.54) is 48.1 Å². The Bertz CT molecular complexity index is 912. The summed E-state index contributed by atoms with van der Waals surface area (Å²) in [5.41, 5.74) is 7.12. The fourth-order valence-corrected chi connectivity index (χ4v) is 3.96. The summed E-state index contributed by atoms with van der Waals surface area (Å²) in [5.74, 6) is -0.229. The maximum absolute atomic E-state index is 13.2. The van der Waals surface area contributed by atoms with Crippen molar-refractivity contribution in [3.8, 4) is 5.69 Å². The largest absolute Gasteiger partial charge is 0.306 e. The highest BCUT2D eigenvalue weighted by Crippen LogP contribution is 2.30. The third kappa shape index (κ3) is 3.17. The van der Waals surface area contributed by atoms with Crippen LogP contribution < -0.4 is 5.32 Å². The zero-order valence-corrected chi connectivity index (χ0v) is 15.3. The molecule has 0 aliphatic heterocycles. The molecule has 0 spiro atoms. The van der Waals surface area contributed by atoms with Crippen molar-refractivity contribution in [2.24, 2.45) is 0 Å². The van der Waals surface area contributed by atoms with Gasteiger partial charge < -0.3 is 5.32 Å². The molecule has 26 heavy (non-hydrogen) atoms. The van der Waals surface area contributed by atoms with E-state index in [1.54, 1.807) is 12.1 Å². The van der Waals surface area contributed by atoms with Crippen LogP contribution in [0.25, 0.3) is 5.69 Å². The van der Waals surface area contributed by atoms with Crippen LogP contribution in [-0.2, 0) is 13.0 Å². The van der Waals surface area contributed by atoms with Gasteiger partial charge >= 0.3 is 0 Å². The van der Waals surface area contributed by atoms with E-state index in [-0.39, 0.29) is 5.82 Å². The highest BCUT2D eigenvalue weighted by molar-refractivity contribution is 5.37. The van der Waals surface area contributed by atoms with Gasteiger partial charge in [0.05, 0.1) is 11.4 Å². The number of fused-ring (bicyclic) bond motifs is 1. The first kappa shape index (κ1) is 17.0. The van der Waals surface area contributed by atoms with E-state index in [0.717, 1.165) is 23.6 Å². The molecule has 0 fully saturated rings. The first-order valence-electron chi connectivity index (χ1n) is 9.25. The van der Waals surface area contributed by atoms with Gasteiger partial charge in [0.2, 0.25) is 0 Å². The highest BCUT2D eigenvalue weighted by Gasteiger charge is 2.20. The number of halogens is 1. The molecular formula is C22H24FN3. The molecular weight excluding hydrogens is 325 g/mol. The molecule has 4 heteroatoms. The van der Waals surface area contributed by atoms with Crippen molar-refractivity contribution in [3.63, 3.8) is 0 Å². The average Bonchev–Trinajstić information content (AvgIpc) is 2.94. The Morgan fingerprint density at radius 2 is 1.88 bits per heavy atom. The van der Waals surface area contributed by atoms with E-state index in [1.807, 2.05) is 11.6 Å². The summed E-state index contributed by atoms with van der Waals surface area (Å²) in [6.45, 7) is 4.91. The second-order valence-electron chi connectivity index (χ2n) is 7.06. The quantitative estimate of drug-likeness (QED) is 0.733. The molecule has 4 rings (SSSR count). The van der Waals surface area contributed by atoms with Crippen molar-refractivity contribution >= 4 is 0 Å². The third-order valence-corrected chi connectivity index (χ3v) is 5.41. The van der Waals surface area contributed by atoms with E-state index in [9.17, 15) is 4.39 Å². The molecule has 0 radical (unpaired) electrons. The number of aryl methyl sites for hydroxylation is 2. The van der Waals surface area contributed by atoms with E-state index in [2.05, 4.69) is 41.6 Å². The summed E-state index contributed by atoms with van der Waals surface area (Å²) in [5, 5.41) is 8.41. The molecule has 0 amide bonds. The van der Waals surface area contributed by atoms with Gasteiger partial charge in [0, 0.05) is 23.8 Å². The molecule has 1 aliphatic carbocycles. The van der Waals surface area contributed by atoms with Gasteiger partial charge in [0.25, 0.3) is 0 Å². The maximum Gasteiger partial charge on any atom is 0.123 e. The highest BCUT2D eigenvalue weighted by atomic mass is 19.1. The van der Waals surface area contributed by atoms with Crippen LogP contribution in [0, 0.1) is 19.7 Å². The molecule has 0 saturated heterocycles. The Hall–Kier alpha value is -2.46. The van der Waals surface area contributed by atoms with E-state index in [4.69, 9.17) is 0 Å². The average molecular weight is 349 g/mol. The molecule has 3 aromatic rings. The molecule has 1 aromatic heterocycles. The van der Waals surface area contributed by atoms with Crippen molar-refractivity contribution in [2.75, 3.05) is 0 Å². The lowest BCUT2D eigenvalue weighted by Gasteiger charge is -2.26. The monoisotopic (exact) mass is 349 g/mol. The van der Waals surface area contributed by atoms with Crippen LogP contribution in [0.3, 0.4) is 0 Å². The van der Waals surface area contributed by atoms with Crippen LogP contribution in [-0.4, -0.2) is 9.78 Å². The van der Waals surface area contributed by atoms with E-state index < -0.39 is 0 Å². The summed E-state index contributed by atoms with van der Waals surface area (Å²) in [7, 11) is 0. The molecule has 3 nitrogen and oxygen atoms in total. The second kappa shape index (κ2) is 7.04. The predicted molar refractivity (Wildman–Crippen MR) is 102 cm³/mol. The molecule has 2 aromatic carbocycles. The Labute approximate surface area is 153 Å². The van der Waals surface area contributed by atoms with E-state index >= 15 is 0 Å². The topological polar surface area (TPSA) is 29.9 Å². The Kier molecular flexibility index (Phi) is 4.60. The summed E-state index contributed by atoms with van der Waals surface area (Å²) in [4.78, 5) is 0. The van der Waals surface area contributed by atoms with Crippen LogP contribution in [0.5, 0.6) is 0 Å². The number of hydrogen-bond acceptors (Lipinski definition) is 2. The van der Waals surface area contributed by atoms with Gasteiger partial charge in [-0.25, -0.2) is 9.07 Å². The van der Waals surface area contributed by atoms with Crippen molar-refractivity contribution in [1.82, 2.24) is 15.1 Å². The second-order valence-corrected chi connectivity index (χ2v) is 7.06. The van der Waals surface area contributed by atoms with Crippen LogP contribution in [0.4, 0.5) is 4.39 Å². The lowest BCUT2D eigenvalue weighted by Crippen LogP contribution is -2.25. The molecule has 1 N–H and O–H groups in total. The zero-order valence-electron chi connectivity index (χ0n) is 15.3. The summed E-state index contributed by atoms with van der Waals surface area (Å²) in [6.07, 6.45) is 3.57. The van der Waals surface area contributed by atoms with Gasteiger partial charge in [-0.2, -0.15) is 5.10 Å². The minimum absolute atomic E-state index is 0.229. The maximum atomic E-state index is 13.2. The van der Waals surface area contributed by atoms with Gasteiger partial charge in [-0.15, -0.1) is 0 Å². The number of hydrogen-bond donors (Lipinski definition) is 1. The lowest BCUT2D eigenvalue weighted by molar-refractivity contribution is 0.458. The number of nitrogens with one attached hydrogen (secondary N) is 1. The van der Waals surface area contributed by atoms with Crippen molar-refractivity contribution < 1.29 is 4.39 Å². The van der Waals surface area contributed by atoms with Crippen molar-refractivity contribution in [3.05, 3.63) is 82.4 Å². The lowest BCUT2D eigenvalue weighted by atomic mass is 9.87. The summed E-state index contributed by atoms with van der Waals surface area (Å²) < 4.78 is 15.1. The summed E-state index contributed by atoms with van der Waals surface area (Å²) >= 11 is 0. The van der Waals surface area contributed by atoms with Gasteiger partial charge in [-0.3, -0.25) is 0 Å². The first-order valence-corrected chi connectivity index (χ1v) is 9.25. The normalized spacial score (nSPS) is 16.5. The van der Waals surface area contributed by atoms with Gasteiger partial charge in [0.1, 0.15) is 5.82 Å². The molecule has 1 heterocycles. The first-order chi connectivity index (χ1) is 12.6. The number of nitrogens with zero attached hydrogens (tertiary/aromatic N) is 2. The number of benzene rings is 2. The SMILES string of the molecule is Cc1nn(-c2ccc(F)cc2)c(C)c1CNC1CCCc2ccccc21. The number of aromatic nitrogens is 2. The van der Waals surface area contributed by atoms with Gasteiger partial charge in [-0.05, 0) is 68.5 Å². The smallest absolute Gasteiger partial charge is 0.123 e.